The van der Waals surface area contributed by atoms with Crippen LogP contribution in [-0.4, -0.2) is 19.9 Å². The Balaban J connectivity index is 1.46. The predicted molar refractivity (Wildman–Crippen MR) is 167 cm³/mol. The molecule has 2 aromatic heterocycles. The van der Waals surface area contributed by atoms with Crippen molar-refractivity contribution in [2.24, 2.45) is 0 Å². The summed E-state index contributed by atoms with van der Waals surface area (Å²) in [6.07, 6.45) is 3.95. The van der Waals surface area contributed by atoms with E-state index in [9.17, 15) is 0 Å². The highest BCUT2D eigenvalue weighted by atomic mass is 15.3. The third-order valence-electron chi connectivity index (χ3n) is 8.89. The molecule has 2 unspecified atom stereocenters. The van der Waals surface area contributed by atoms with Gasteiger partial charge >= 0.3 is 0 Å². The minimum Gasteiger partial charge on any atom is -0.302 e. The van der Waals surface area contributed by atoms with Gasteiger partial charge in [0, 0.05) is 40.6 Å². The number of benzene rings is 4. The molecular weight excluding hydrogens is 514 g/mol. The van der Waals surface area contributed by atoms with Crippen LogP contribution in [0.4, 0.5) is 11.6 Å². The van der Waals surface area contributed by atoms with E-state index in [1.807, 2.05) is 48.8 Å². The molecule has 0 radical (unpaired) electrons. The lowest BCUT2D eigenvalue weighted by molar-refractivity contribution is 0.401. The number of aromatic nitrogens is 4. The molecule has 8 rings (SSSR count). The molecule has 0 saturated heterocycles. The molecule has 202 valence electrons. The number of para-hydroxylation sites is 1. The molecule has 0 spiro atoms. The molecule has 5 heteroatoms. The zero-order valence-electron chi connectivity index (χ0n) is 23.5. The van der Waals surface area contributed by atoms with Gasteiger partial charge in [0.1, 0.15) is 0 Å². The zero-order chi connectivity index (χ0) is 28.3. The number of nitrogens with zero attached hydrogens (tertiary/aromatic N) is 5. The summed E-state index contributed by atoms with van der Waals surface area (Å²) in [6, 6.07) is 40.0. The van der Waals surface area contributed by atoms with Crippen molar-refractivity contribution in [2.75, 3.05) is 4.90 Å². The molecule has 0 N–H and O–H groups in total. The summed E-state index contributed by atoms with van der Waals surface area (Å²) in [5.74, 6) is 2.08. The molecule has 0 bridgehead atoms. The Kier molecular flexibility index (Phi) is 5.54. The zero-order valence-corrected chi connectivity index (χ0v) is 23.5. The number of hydrogen-bond acceptors (Lipinski definition) is 5. The quantitative estimate of drug-likeness (QED) is 0.224. The van der Waals surface area contributed by atoms with Crippen LogP contribution < -0.4 is 4.90 Å². The van der Waals surface area contributed by atoms with Gasteiger partial charge in [-0.15, -0.1) is 0 Å². The van der Waals surface area contributed by atoms with E-state index in [2.05, 4.69) is 103 Å². The normalized spacial score (nSPS) is 17.9. The maximum Gasteiger partial charge on any atom is 0.234 e. The number of pyridine rings is 1. The predicted octanol–water partition coefficient (Wildman–Crippen LogP) is 8.54. The van der Waals surface area contributed by atoms with E-state index in [-0.39, 0.29) is 17.4 Å². The Morgan fingerprint density at radius 2 is 1.21 bits per heavy atom. The first-order valence-corrected chi connectivity index (χ1v) is 14.4. The molecule has 3 heterocycles. The second-order valence-electron chi connectivity index (χ2n) is 11.6. The first kappa shape index (κ1) is 24.6. The number of anilines is 2. The van der Waals surface area contributed by atoms with E-state index in [0.717, 1.165) is 27.9 Å². The largest absolute Gasteiger partial charge is 0.302 e. The standard InChI is InChI=1S/C37H29N5/c1-37(2)30-19-11-9-18-28(30)33-32(37)27-21-22-38-23-29(27)26-17-10-12-20-31(26)42(33)36-40-34(24-13-5-3-6-14-24)39-35(41-36)25-15-7-4-8-16-25/h3-23,32-33H,1-2H3. The highest BCUT2D eigenvalue weighted by molar-refractivity contribution is 5.86. The van der Waals surface area contributed by atoms with E-state index in [0.29, 0.717) is 17.6 Å². The third-order valence-corrected chi connectivity index (χ3v) is 8.89. The van der Waals surface area contributed by atoms with Gasteiger partial charge < -0.3 is 4.90 Å². The summed E-state index contributed by atoms with van der Waals surface area (Å²) in [6.45, 7) is 4.74. The van der Waals surface area contributed by atoms with Gasteiger partial charge in [0.05, 0.1) is 11.7 Å². The molecule has 0 amide bonds. The Hall–Kier alpha value is -5.16. The molecule has 2 atom stereocenters. The van der Waals surface area contributed by atoms with E-state index in [1.54, 1.807) is 0 Å². The van der Waals surface area contributed by atoms with E-state index < -0.39 is 0 Å². The average Bonchev–Trinajstić information content (AvgIpc) is 3.19. The van der Waals surface area contributed by atoms with Gasteiger partial charge in [0.25, 0.3) is 0 Å². The van der Waals surface area contributed by atoms with Crippen molar-refractivity contribution in [3.05, 3.63) is 144 Å². The average molecular weight is 544 g/mol. The maximum atomic E-state index is 5.23. The van der Waals surface area contributed by atoms with E-state index in [1.165, 1.54) is 16.7 Å². The van der Waals surface area contributed by atoms with Crippen LogP contribution in [-0.2, 0) is 5.41 Å². The fourth-order valence-corrected chi connectivity index (χ4v) is 7.03. The maximum absolute atomic E-state index is 5.23. The van der Waals surface area contributed by atoms with Crippen molar-refractivity contribution in [3.8, 4) is 33.9 Å². The molecule has 1 aliphatic carbocycles. The molecule has 4 aromatic carbocycles. The van der Waals surface area contributed by atoms with Crippen LogP contribution in [0.2, 0.25) is 0 Å². The molecule has 0 saturated carbocycles. The van der Waals surface area contributed by atoms with Gasteiger partial charge in [-0.3, -0.25) is 4.98 Å². The van der Waals surface area contributed by atoms with Crippen LogP contribution in [0.15, 0.2) is 128 Å². The summed E-state index contributed by atoms with van der Waals surface area (Å²) >= 11 is 0. The van der Waals surface area contributed by atoms with Gasteiger partial charge in [-0.1, -0.05) is 117 Å². The van der Waals surface area contributed by atoms with Crippen molar-refractivity contribution in [1.29, 1.82) is 0 Å². The van der Waals surface area contributed by atoms with E-state index >= 15 is 0 Å². The first-order chi connectivity index (χ1) is 20.6. The van der Waals surface area contributed by atoms with Gasteiger partial charge in [-0.25, -0.2) is 4.98 Å². The van der Waals surface area contributed by atoms with Crippen LogP contribution in [0, 0.1) is 0 Å². The summed E-state index contributed by atoms with van der Waals surface area (Å²) < 4.78 is 0. The number of hydrogen-bond donors (Lipinski definition) is 0. The topological polar surface area (TPSA) is 54.8 Å². The van der Waals surface area contributed by atoms with Gasteiger partial charge in [0.2, 0.25) is 5.95 Å². The Labute approximate surface area is 245 Å². The van der Waals surface area contributed by atoms with Gasteiger partial charge in [-0.05, 0) is 34.2 Å². The molecular formula is C37H29N5. The molecule has 6 aromatic rings. The summed E-state index contributed by atoms with van der Waals surface area (Å²) in [5.41, 5.74) is 9.08. The highest BCUT2D eigenvalue weighted by Crippen LogP contribution is 2.62. The van der Waals surface area contributed by atoms with Crippen molar-refractivity contribution < 1.29 is 0 Å². The Morgan fingerprint density at radius 3 is 1.93 bits per heavy atom. The molecule has 2 aliphatic rings. The van der Waals surface area contributed by atoms with Gasteiger partial charge in [0.15, 0.2) is 11.6 Å². The van der Waals surface area contributed by atoms with Gasteiger partial charge in [-0.2, -0.15) is 9.97 Å². The summed E-state index contributed by atoms with van der Waals surface area (Å²) in [7, 11) is 0. The fraction of sp³-hybridized carbons (Fsp3) is 0.135. The molecule has 5 nitrogen and oxygen atoms in total. The lowest BCUT2D eigenvalue weighted by atomic mass is 9.73. The lowest BCUT2D eigenvalue weighted by Gasteiger charge is -2.37. The first-order valence-electron chi connectivity index (χ1n) is 14.4. The fourth-order valence-electron chi connectivity index (χ4n) is 7.03. The molecule has 42 heavy (non-hydrogen) atoms. The highest BCUT2D eigenvalue weighted by Gasteiger charge is 2.52. The molecule has 1 aliphatic heterocycles. The van der Waals surface area contributed by atoms with Crippen molar-refractivity contribution in [1.82, 2.24) is 19.9 Å². The third kappa shape index (κ3) is 3.70. The van der Waals surface area contributed by atoms with E-state index in [4.69, 9.17) is 15.0 Å². The number of rotatable bonds is 3. The van der Waals surface area contributed by atoms with Crippen LogP contribution in [0.1, 0.15) is 42.5 Å². The van der Waals surface area contributed by atoms with Crippen LogP contribution in [0.3, 0.4) is 0 Å². The summed E-state index contributed by atoms with van der Waals surface area (Å²) in [5, 5.41) is 0. The van der Waals surface area contributed by atoms with Crippen molar-refractivity contribution >= 4 is 11.6 Å². The second-order valence-corrected chi connectivity index (χ2v) is 11.6. The summed E-state index contributed by atoms with van der Waals surface area (Å²) in [4.78, 5) is 22.4. The van der Waals surface area contributed by atoms with Crippen molar-refractivity contribution in [2.45, 2.75) is 31.2 Å². The van der Waals surface area contributed by atoms with Crippen LogP contribution in [0.5, 0.6) is 0 Å². The van der Waals surface area contributed by atoms with Crippen LogP contribution in [0.25, 0.3) is 33.9 Å². The second kappa shape index (κ2) is 9.45. The lowest BCUT2D eigenvalue weighted by Crippen LogP contribution is -2.32. The molecule has 0 fully saturated rings. The van der Waals surface area contributed by atoms with Crippen molar-refractivity contribution in [3.63, 3.8) is 0 Å². The van der Waals surface area contributed by atoms with Crippen LogP contribution >= 0.6 is 0 Å². The Morgan fingerprint density at radius 1 is 0.595 bits per heavy atom. The number of fused-ring (bicyclic) bond motifs is 7. The monoisotopic (exact) mass is 543 g/mol. The smallest absolute Gasteiger partial charge is 0.234 e. The Bertz CT molecular complexity index is 1880. The minimum absolute atomic E-state index is 0.0318. The SMILES string of the molecule is CC1(C)c2ccccc2C2C1c1ccncc1-c1ccccc1N2c1nc(-c2ccccc2)nc(-c2ccccc2)n1. The minimum atomic E-state index is -0.144.